The number of carbonyl (C=O) groups is 2. The van der Waals surface area contributed by atoms with Crippen molar-refractivity contribution in [1.29, 1.82) is 0 Å². The van der Waals surface area contributed by atoms with Gasteiger partial charge in [0, 0.05) is 47.2 Å². The molecule has 226 valence electrons. The lowest BCUT2D eigenvalue weighted by atomic mass is 10.1. The summed E-state index contributed by atoms with van der Waals surface area (Å²) >= 11 is 0. The van der Waals surface area contributed by atoms with Crippen molar-refractivity contribution in [2.75, 3.05) is 24.6 Å². The number of aryl methyl sites for hydroxylation is 1. The highest BCUT2D eigenvalue weighted by Crippen LogP contribution is 2.31. The number of ether oxygens (including phenoxy) is 2. The molecule has 5 aromatic rings. The molecule has 0 radical (unpaired) electrons. The number of amidine groups is 1. The lowest BCUT2D eigenvalue weighted by Crippen LogP contribution is -2.36. The summed E-state index contributed by atoms with van der Waals surface area (Å²) in [5.74, 6) is -0.610. The molecule has 11 nitrogen and oxygen atoms in total. The monoisotopic (exact) mass is 613 g/mol. The topological polar surface area (TPSA) is 146 Å². The van der Waals surface area contributed by atoms with Crippen molar-refractivity contribution in [2.45, 2.75) is 18.2 Å². The number of fused-ring (bicyclic) bond motifs is 2. The number of nitrogens with zero attached hydrogens (tertiary/aromatic N) is 4. The Bertz CT molecular complexity index is 2000. The molecule has 44 heavy (non-hydrogen) atoms. The van der Waals surface area contributed by atoms with E-state index in [0.29, 0.717) is 28.6 Å². The van der Waals surface area contributed by atoms with E-state index in [1.54, 1.807) is 55.5 Å². The minimum absolute atomic E-state index is 0.00513. The SMILES string of the molecule is CCOC(=O)CN(c1ccc2c(c1)cc(Cc1ccc(C(N)=NC(=O)OC)cc1)n2C)S(=O)(=O)c1cccc2cccnc12. The molecule has 2 heterocycles. The average Bonchev–Trinajstić information content (AvgIpc) is 3.33. The molecule has 1 amide bonds. The number of para-hydroxylation sites is 1. The number of esters is 1. The van der Waals surface area contributed by atoms with Gasteiger partial charge in [-0.3, -0.25) is 14.1 Å². The molecular formula is C32H31N5O6S. The van der Waals surface area contributed by atoms with Gasteiger partial charge >= 0.3 is 12.1 Å². The van der Waals surface area contributed by atoms with Crippen LogP contribution in [0.15, 0.2) is 94.9 Å². The number of benzene rings is 3. The molecule has 0 atom stereocenters. The number of sulfonamides is 1. The van der Waals surface area contributed by atoms with Crippen LogP contribution in [0.2, 0.25) is 0 Å². The molecule has 5 rings (SSSR count). The normalized spacial score (nSPS) is 11.9. The Kier molecular flexibility index (Phi) is 8.63. The van der Waals surface area contributed by atoms with Crippen LogP contribution in [-0.4, -0.2) is 56.1 Å². The molecule has 0 fully saturated rings. The minimum atomic E-state index is -4.22. The number of aliphatic imine (C=N–C) groups is 1. The summed E-state index contributed by atoms with van der Waals surface area (Å²) in [5.41, 5.74) is 9.96. The van der Waals surface area contributed by atoms with Crippen molar-refractivity contribution >= 4 is 55.4 Å². The molecule has 0 bridgehead atoms. The van der Waals surface area contributed by atoms with Crippen molar-refractivity contribution in [1.82, 2.24) is 9.55 Å². The number of hydrogen-bond donors (Lipinski definition) is 1. The van der Waals surface area contributed by atoms with Crippen LogP contribution in [0.25, 0.3) is 21.8 Å². The second-order valence-electron chi connectivity index (χ2n) is 9.93. The number of methoxy groups -OCH3 is 1. The van der Waals surface area contributed by atoms with Crippen molar-refractivity contribution in [3.05, 3.63) is 102 Å². The van der Waals surface area contributed by atoms with Crippen LogP contribution in [0.3, 0.4) is 0 Å². The summed E-state index contributed by atoms with van der Waals surface area (Å²) in [6.45, 7) is 1.29. The van der Waals surface area contributed by atoms with Gasteiger partial charge in [0.25, 0.3) is 10.0 Å². The molecule has 0 saturated carbocycles. The van der Waals surface area contributed by atoms with Crippen LogP contribution < -0.4 is 10.0 Å². The van der Waals surface area contributed by atoms with E-state index in [9.17, 15) is 18.0 Å². The Hall–Kier alpha value is -5.23. The van der Waals surface area contributed by atoms with Gasteiger partial charge in [-0.2, -0.15) is 4.99 Å². The fraction of sp³-hybridized carbons (Fsp3) is 0.188. The average molecular weight is 614 g/mol. The van der Waals surface area contributed by atoms with Crippen LogP contribution in [0.5, 0.6) is 0 Å². The Morgan fingerprint density at radius 1 is 1.00 bits per heavy atom. The number of amides is 1. The maximum Gasteiger partial charge on any atom is 0.435 e. The highest BCUT2D eigenvalue weighted by molar-refractivity contribution is 7.93. The maximum atomic E-state index is 14.1. The number of anilines is 1. The summed E-state index contributed by atoms with van der Waals surface area (Å²) < 4.78 is 41.0. The molecule has 0 aliphatic heterocycles. The molecule has 0 aliphatic carbocycles. The van der Waals surface area contributed by atoms with E-state index in [2.05, 4.69) is 14.7 Å². The predicted octanol–water partition coefficient (Wildman–Crippen LogP) is 4.55. The minimum Gasteiger partial charge on any atom is -0.465 e. The Morgan fingerprint density at radius 2 is 1.75 bits per heavy atom. The molecule has 0 unspecified atom stereocenters. The first-order valence-corrected chi connectivity index (χ1v) is 15.2. The number of nitrogens with two attached hydrogens (primary N) is 1. The van der Waals surface area contributed by atoms with E-state index < -0.39 is 28.6 Å². The number of pyridine rings is 1. The fourth-order valence-electron chi connectivity index (χ4n) is 4.97. The number of hydrogen-bond acceptors (Lipinski definition) is 7. The third-order valence-corrected chi connectivity index (χ3v) is 8.98. The van der Waals surface area contributed by atoms with Gasteiger partial charge in [0.15, 0.2) is 0 Å². The number of carbonyl (C=O) groups excluding carboxylic acids is 2. The summed E-state index contributed by atoms with van der Waals surface area (Å²) in [7, 11) is -1.06. The van der Waals surface area contributed by atoms with Gasteiger partial charge in [0.1, 0.15) is 17.3 Å². The third-order valence-electron chi connectivity index (χ3n) is 7.18. The first kappa shape index (κ1) is 30.2. The van der Waals surface area contributed by atoms with Crippen molar-refractivity contribution in [3.63, 3.8) is 0 Å². The van der Waals surface area contributed by atoms with Crippen molar-refractivity contribution in [2.24, 2.45) is 17.8 Å². The van der Waals surface area contributed by atoms with E-state index in [-0.39, 0.29) is 17.3 Å². The molecule has 0 saturated heterocycles. The smallest absolute Gasteiger partial charge is 0.435 e. The lowest BCUT2D eigenvalue weighted by molar-refractivity contribution is -0.141. The molecule has 2 N–H and O–H groups in total. The molecule has 0 aliphatic rings. The standard InChI is InChI=1S/C32H31N5O6S/c1-4-43-29(38)20-37(44(40,41)28-9-5-7-22-8-6-16-34-30(22)28)25-14-15-27-24(18-25)19-26(36(27)2)17-21-10-12-23(13-11-21)31(33)35-32(39)42-3/h5-16,18-19H,4,17,20H2,1-3H3,(H2,33,35,39). The fourth-order valence-corrected chi connectivity index (χ4v) is 6.54. The summed E-state index contributed by atoms with van der Waals surface area (Å²) in [6, 6.07) is 23.0. The number of rotatable bonds is 9. The lowest BCUT2D eigenvalue weighted by Gasteiger charge is -2.24. The zero-order valence-electron chi connectivity index (χ0n) is 24.4. The van der Waals surface area contributed by atoms with Gasteiger partial charge < -0.3 is 19.8 Å². The van der Waals surface area contributed by atoms with Crippen molar-refractivity contribution in [3.8, 4) is 0 Å². The molecule has 0 spiro atoms. The zero-order chi connectivity index (χ0) is 31.4. The van der Waals surface area contributed by atoms with Gasteiger partial charge in [-0.05, 0) is 48.9 Å². The van der Waals surface area contributed by atoms with E-state index in [1.165, 1.54) is 19.4 Å². The Balaban J connectivity index is 1.50. The third kappa shape index (κ3) is 6.11. The van der Waals surface area contributed by atoms with Gasteiger partial charge in [-0.1, -0.05) is 42.5 Å². The van der Waals surface area contributed by atoms with Gasteiger partial charge in [0.05, 0.1) is 24.9 Å². The zero-order valence-corrected chi connectivity index (χ0v) is 25.2. The molecule has 3 aromatic carbocycles. The summed E-state index contributed by atoms with van der Waals surface area (Å²) in [5, 5.41) is 1.46. The van der Waals surface area contributed by atoms with Crippen molar-refractivity contribution < 1.29 is 27.5 Å². The first-order chi connectivity index (χ1) is 21.1. The molecular weight excluding hydrogens is 582 g/mol. The Morgan fingerprint density at radius 3 is 2.48 bits per heavy atom. The van der Waals surface area contributed by atoms with E-state index in [4.69, 9.17) is 10.5 Å². The maximum absolute atomic E-state index is 14.1. The number of aromatic nitrogens is 2. The summed E-state index contributed by atoms with van der Waals surface area (Å²) in [6.07, 6.45) is 1.33. The Labute approximate surface area is 254 Å². The van der Waals surface area contributed by atoms with Crippen LogP contribution in [0.4, 0.5) is 10.5 Å². The second-order valence-corrected chi connectivity index (χ2v) is 11.8. The predicted molar refractivity (Wildman–Crippen MR) is 168 cm³/mol. The quantitative estimate of drug-likeness (QED) is 0.145. The second kappa shape index (κ2) is 12.6. The van der Waals surface area contributed by atoms with E-state index in [0.717, 1.165) is 26.5 Å². The molecule has 12 heteroatoms. The van der Waals surface area contributed by atoms with E-state index in [1.807, 2.05) is 35.9 Å². The highest BCUT2D eigenvalue weighted by atomic mass is 32.2. The summed E-state index contributed by atoms with van der Waals surface area (Å²) in [4.78, 5) is 32.0. The molecule has 2 aromatic heterocycles. The highest BCUT2D eigenvalue weighted by Gasteiger charge is 2.30. The van der Waals surface area contributed by atoms with Crippen LogP contribution in [0.1, 0.15) is 23.7 Å². The van der Waals surface area contributed by atoms with Crippen LogP contribution in [-0.2, 0) is 37.8 Å². The van der Waals surface area contributed by atoms with Gasteiger partial charge in [-0.25, -0.2) is 13.2 Å². The van der Waals surface area contributed by atoms with E-state index >= 15 is 0 Å². The van der Waals surface area contributed by atoms with Gasteiger partial charge in [-0.15, -0.1) is 0 Å². The largest absolute Gasteiger partial charge is 0.465 e. The van der Waals surface area contributed by atoms with Crippen LogP contribution >= 0.6 is 0 Å². The first-order valence-electron chi connectivity index (χ1n) is 13.7. The van der Waals surface area contributed by atoms with Crippen LogP contribution in [0, 0.1) is 0 Å². The van der Waals surface area contributed by atoms with Gasteiger partial charge in [0.2, 0.25) is 0 Å².